The summed E-state index contributed by atoms with van der Waals surface area (Å²) in [7, 11) is 0. The van der Waals surface area contributed by atoms with E-state index in [4.69, 9.17) is 33.7 Å². The number of esters is 1. The van der Waals surface area contributed by atoms with Gasteiger partial charge in [0.25, 0.3) is 0 Å². The number of pyridine rings is 2. The molecule has 2 saturated heterocycles. The van der Waals surface area contributed by atoms with E-state index in [1.807, 2.05) is 67.0 Å². The molecule has 2 fully saturated rings. The molecule has 6 heterocycles. The molecule has 0 aliphatic carbocycles. The quantitative estimate of drug-likeness (QED) is 0.0800. The van der Waals surface area contributed by atoms with Crippen LogP contribution in [0.3, 0.4) is 0 Å². The van der Waals surface area contributed by atoms with Crippen molar-refractivity contribution in [3.63, 3.8) is 0 Å². The molecule has 0 atom stereocenters. The molecule has 8 nitrogen and oxygen atoms in total. The maximum Gasteiger partial charge on any atom is 0.315 e. The third kappa shape index (κ3) is 16.7. The van der Waals surface area contributed by atoms with Crippen molar-refractivity contribution in [2.75, 3.05) is 45.8 Å². The predicted octanol–water partition coefficient (Wildman–Crippen LogP) is 15.0. The normalized spacial score (nSPS) is 14.0. The SMILES string of the molecule is CC(C)(C)c1cc(-c2csc(-c3ccc(CC(=O)CCCN4CCCC4)cc3Cl)c2)ccn1.CC(C)(C)c1cc(-c2csc(-c3ccc(CC(=O)Oc4ccccc4)cc3Cl)c2)ccn1.NCCN1CCCC1. The highest BCUT2D eigenvalue weighted by Gasteiger charge is 2.20. The lowest BCUT2D eigenvalue weighted by Crippen LogP contribution is -2.26. The Kier molecular flexibility index (Phi) is 20.2. The van der Waals surface area contributed by atoms with E-state index < -0.39 is 0 Å². The number of nitrogens with two attached hydrogens (primary N) is 1. The Morgan fingerprint density at radius 2 is 1.08 bits per heavy atom. The molecule has 384 valence electrons. The fraction of sp³-hybridized carbons (Fsp3) is 0.377. The second-order valence-corrected chi connectivity index (χ2v) is 23.7. The molecular formula is C61H71Cl2N5O3S2. The van der Waals surface area contributed by atoms with E-state index in [9.17, 15) is 9.59 Å². The van der Waals surface area contributed by atoms with Crippen LogP contribution < -0.4 is 10.5 Å². The van der Waals surface area contributed by atoms with Crippen LogP contribution in [-0.4, -0.2) is 77.3 Å². The van der Waals surface area contributed by atoms with Crippen LogP contribution in [0.4, 0.5) is 0 Å². The third-order valence-corrected chi connectivity index (χ3v) is 15.6. The summed E-state index contributed by atoms with van der Waals surface area (Å²) in [5, 5.41) is 5.63. The van der Waals surface area contributed by atoms with E-state index in [0.717, 1.165) is 80.6 Å². The Morgan fingerprint density at radius 1 is 0.603 bits per heavy atom. The summed E-state index contributed by atoms with van der Waals surface area (Å²) in [6, 6.07) is 33.6. The number of hydrogen-bond donors (Lipinski definition) is 1. The number of Topliss-reactive ketones (excluding diaryl/α,β-unsaturated/α-hetero) is 1. The number of thiophene rings is 2. The first-order valence-corrected chi connectivity index (χ1v) is 28.1. The van der Waals surface area contributed by atoms with Gasteiger partial charge < -0.3 is 20.3 Å². The first-order chi connectivity index (χ1) is 35.0. The fourth-order valence-electron chi connectivity index (χ4n) is 8.87. The average Bonchev–Trinajstić information content (AvgIpc) is 4.23. The first kappa shape index (κ1) is 55.7. The molecule has 9 rings (SSSR count). The number of aromatic nitrogens is 2. The number of carbonyl (C=O) groups excluding carboxylic acids is 2. The highest BCUT2D eigenvalue weighted by Crippen LogP contribution is 2.39. The Morgan fingerprint density at radius 3 is 1.55 bits per heavy atom. The van der Waals surface area contributed by atoms with Crippen LogP contribution in [0.25, 0.3) is 43.1 Å². The van der Waals surface area contributed by atoms with Gasteiger partial charge in [0, 0.05) is 91.5 Å². The van der Waals surface area contributed by atoms with Crippen molar-refractivity contribution in [3.8, 4) is 48.9 Å². The van der Waals surface area contributed by atoms with Gasteiger partial charge in [0.15, 0.2) is 0 Å². The van der Waals surface area contributed by atoms with Gasteiger partial charge >= 0.3 is 5.97 Å². The van der Waals surface area contributed by atoms with Crippen molar-refractivity contribution >= 4 is 57.6 Å². The second-order valence-electron chi connectivity index (χ2n) is 21.1. The molecule has 0 saturated carbocycles. The van der Waals surface area contributed by atoms with Crippen LogP contribution in [0.15, 0.2) is 126 Å². The van der Waals surface area contributed by atoms with E-state index in [1.165, 1.54) is 63.0 Å². The van der Waals surface area contributed by atoms with Gasteiger partial charge in [-0.25, -0.2) is 0 Å². The zero-order chi connectivity index (χ0) is 52.0. The zero-order valence-corrected chi connectivity index (χ0v) is 46.5. The highest BCUT2D eigenvalue weighted by atomic mass is 35.5. The molecule has 0 unspecified atom stereocenters. The summed E-state index contributed by atoms with van der Waals surface area (Å²) in [5.74, 6) is 0.520. The standard InChI is InChI=1S/C28H33ClN2OS.C27H24ClNO2S.C6H14N2/c1-28(2,3)27-18-21(10-11-30-27)22-17-26(33-19-22)24-9-8-20(16-25(24)29)15-23(32)7-6-14-31-12-4-5-13-31;1-27(2,3)25-16-19(11-12-29-25)20-15-24(32-17-20)22-10-9-18(13-23(22)28)14-26(30)31-21-7-5-4-6-8-21;7-3-6-8-4-1-2-5-8/h8-11,16-19H,4-7,12-15H2,1-3H3;4-13,15-17H,14H2,1-3H3;1-7H2. The number of likely N-dealkylation sites (tertiary alicyclic amines) is 2. The van der Waals surface area contributed by atoms with Crippen LogP contribution in [0, 0.1) is 0 Å². The maximum atomic E-state index is 12.4. The lowest BCUT2D eigenvalue weighted by Gasteiger charge is -2.18. The Hall–Kier alpha value is -5.04. The maximum absolute atomic E-state index is 12.4. The fourth-order valence-corrected chi connectivity index (χ4v) is 11.5. The molecule has 0 bridgehead atoms. The number of ketones is 1. The number of carbonyl (C=O) groups is 2. The topological polar surface area (TPSA) is 102 Å². The summed E-state index contributed by atoms with van der Waals surface area (Å²) >= 11 is 16.6. The van der Waals surface area contributed by atoms with Crippen LogP contribution in [0.5, 0.6) is 5.75 Å². The molecule has 3 aromatic carbocycles. The van der Waals surface area contributed by atoms with Gasteiger partial charge in [0.2, 0.25) is 0 Å². The molecule has 73 heavy (non-hydrogen) atoms. The molecule has 7 aromatic rings. The molecule has 2 aliphatic rings. The largest absolute Gasteiger partial charge is 0.426 e. The number of hydrogen-bond acceptors (Lipinski definition) is 10. The number of rotatable bonds is 15. The third-order valence-electron chi connectivity index (χ3n) is 13.0. The summed E-state index contributed by atoms with van der Waals surface area (Å²) in [5.41, 5.74) is 15.9. The van der Waals surface area contributed by atoms with Gasteiger partial charge in [0.05, 0.1) is 6.42 Å². The molecule has 0 amide bonds. The molecule has 0 radical (unpaired) electrons. The van der Waals surface area contributed by atoms with Crippen molar-refractivity contribution in [3.05, 3.63) is 159 Å². The van der Waals surface area contributed by atoms with Crippen molar-refractivity contribution in [1.82, 2.24) is 19.8 Å². The molecular weight excluding hydrogens is 986 g/mol. The minimum absolute atomic E-state index is 0.00431. The molecule has 0 spiro atoms. The number of para-hydroxylation sites is 1. The van der Waals surface area contributed by atoms with Crippen LogP contribution in [0.2, 0.25) is 10.0 Å². The Balaban J connectivity index is 0.000000185. The Labute approximate surface area is 452 Å². The van der Waals surface area contributed by atoms with Crippen molar-refractivity contribution in [2.45, 2.75) is 104 Å². The Bertz CT molecular complexity index is 2890. The van der Waals surface area contributed by atoms with Gasteiger partial charge in [-0.1, -0.05) is 107 Å². The van der Waals surface area contributed by atoms with E-state index in [0.29, 0.717) is 34.4 Å². The summed E-state index contributed by atoms with van der Waals surface area (Å²) in [6.07, 6.45) is 11.3. The second kappa shape index (κ2) is 26.4. The summed E-state index contributed by atoms with van der Waals surface area (Å²) in [4.78, 5) is 40.8. The van der Waals surface area contributed by atoms with Gasteiger partial charge in [-0.15, -0.1) is 22.7 Å². The smallest absolute Gasteiger partial charge is 0.315 e. The van der Waals surface area contributed by atoms with Gasteiger partial charge in [-0.3, -0.25) is 19.6 Å². The number of nitrogens with zero attached hydrogens (tertiary/aromatic N) is 4. The van der Waals surface area contributed by atoms with Crippen molar-refractivity contribution < 1.29 is 14.3 Å². The molecule has 12 heteroatoms. The van der Waals surface area contributed by atoms with Gasteiger partial charge in [-0.2, -0.15) is 0 Å². The minimum atomic E-state index is -0.314. The summed E-state index contributed by atoms with van der Waals surface area (Å²) < 4.78 is 5.37. The monoisotopic (exact) mass is 1060 g/mol. The van der Waals surface area contributed by atoms with Crippen molar-refractivity contribution in [2.24, 2.45) is 5.73 Å². The van der Waals surface area contributed by atoms with E-state index >= 15 is 0 Å². The summed E-state index contributed by atoms with van der Waals surface area (Å²) in [6.45, 7) is 20.9. The average molecular weight is 1060 g/mol. The molecule has 2 N–H and O–H groups in total. The lowest BCUT2D eigenvalue weighted by atomic mass is 9.90. The van der Waals surface area contributed by atoms with E-state index in [1.54, 1.807) is 34.8 Å². The highest BCUT2D eigenvalue weighted by molar-refractivity contribution is 7.14. The van der Waals surface area contributed by atoms with Crippen molar-refractivity contribution in [1.29, 1.82) is 0 Å². The minimum Gasteiger partial charge on any atom is -0.426 e. The number of halogens is 2. The zero-order valence-electron chi connectivity index (χ0n) is 43.4. The van der Waals surface area contributed by atoms with Crippen LogP contribution >= 0.6 is 45.9 Å². The van der Waals surface area contributed by atoms with E-state index in [2.05, 4.69) is 108 Å². The first-order valence-electron chi connectivity index (χ1n) is 25.6. The number of benzene rings is 3. The molecule has 4 aromatic heterocycles. The molecule has 2 aliphatic heterocycles. The van der Waals surface area contributed by atoms with Gasteiger partial charge in [0.1, 0.15) is 11.5 Å². The number of ether oxygens (including phenoxy) is 1. The lowest BCUT2D eigenvalue weighted by molar-refractivity contribution is -0.133. The van der Waals surface area contributed by atoms with Crippen LogP contribution in [0.1, 0.15) is 103 Å². The van der Waals surface area contributed by atoms with Crippen LogP contribution in [-0.2, 0) is 33.3 Å². The predicted molar refractivity (Wildman–Crippen MR) is 308 cm³/mol. The van der Waals surface area contributed by atoms with E-state index in [-0.39, 0.29) is 23.2 Å². The van der Waals surface area contributed by atoms with Gasteiger partial charge in [-0.05, 0) is 170 Å².